The predicted molar refractivity (Wildman–Crippen MR) is 159 cm³/mol. The Bertz CT molecular complexity index is 1730. The average Bonchev–Trinajstić information content (AvgIpc) is 3.36. The number of sulfonamides is 1. The normalized spacial score (nSPS) is 11.8. The first-order valence-corrected chi connectivity index (χ1v) is 14.9. The van der Waals surface area contributed by atoms with Gasteiger partial charge in [0.15, 0.2) is 0 Å². The lowest BCUT2D eigenvalue weighted by Gasteiger charge is -2.22. The lowest BCUT2D eigenvalue weighted by molar-refractivity contribution is -0.112. The molecule has 1 N–H and O–H groups in total. The Hall–Kier alpha value is -3.10. The smallest absolute Gasteiger partial charge is 0.266 e. The summed E-state index contributed by atoms with van der Waals surface area (Å²) in [5, 5.41) is 13.2. The minimum absolute atomic E-state index is 0.0355. The molecule has 0 aliphatic carbocycles. The van der Waals surface area contributed by atoms with E-state index in [9.17, 15) is 18.5 Å². The average molecular weight is 680 g/mol. The minimum Gasteiger partial charge on any atom is -0.460 e. The van der Waals surface area contributed by atoms with Gasteiger partial charge in [-0.2, -0.15) is 9.57 Å². The number of amides is 1. The van der Waals surface area contributed by atoms with Crippen LogP contribution < -0.4 is 5.32 Å². The zero-order chi connectivity index (χ0) is 28.9. The molecule has 1 amide bonds. The molecule has 0 aliphatic rings. The summed E-state index contributed by atoms with van der Waals surface area (Å²) in [4.78, 5) is 12.7. The van der Waals surface area contributed by atoms with Gasteiger partial charge in [0.25, 0.3) is 5.91 Å². The summed E-state index contributed by atoms with van der Waals surface area (Å²) in [6.45, 7) is -0.183. The van der Waals surface area contributed by atoms with Gasteiger partial charge in [0.1, 0.15) is 23.2 Å². The van der Waals surface area contributed by atoms with Crippen LogP contribution in [-0.4, -0.2) is 18.6 Å². The van der Waals surface area contributed by atoms with E-state index >= 15 is 0 Å². The molecule has 40 heavy (non-hydrogen) atoms. The van der Waals surface area contributed by atoms with Gasteiger partial charge in [-0.25, -0.2) is 8.42 Å². The van der Waals surface area contributed by atoms with Gasteiger partial charge in [-0.1, -0.05) is 62.9 Å². The van der Waals surface area contributed by atoms with Crippen LogP contribution in [0.1, 0.15) is 17.1 Å². The van der Waals surface area contributed by atoms with Crippen molar-refractivity contribution in [3.8, 4) is 6.07 Å². The molecule has 1 aromatic heterocycles. The molecule has 0 saturated heterocycles. The number of benzene rings is 3. The number of nitrogens with zero attached hydrogens (tertiary/aromatic N) is 2. The molecular weight excluding hydrogens is 661 g/mol. The van der Waals surface area contributed by atoms with E-state index in [1.165, 1.54) is 34.6 Å². The van der Waals surface area contributed by atoms with Gasteiger partial charge in [0.2, 0.25) is 10.0 Å². The first-order chi connectivity index (χ1) is 19.0. The molecule has 0 radical (unpaired) electrons. The third kappa shape index (κ3) is 7.55. The molecule has 12 heteroatoms. The van der Waals surface area contributed by atoms with Crippen LogP contribution in [0.4, 0.5) is 5.69 Å². The second kappa shape index (κ2) is 13.0. The van der Waals surface area contributed by atoms with Crippen LogP contribution in [-0.2, 0) is 27.9 Å². The first-order valence-electron chi connectivity index (χ1n) is 11.5. The molecule has 0 unspecified atom stereocenters. The third-order valence-corrected chi connectivity index (χ3v) is 8.83. The number of carbonyl (C=O) groups is 1. The Morgan fingerprint density at radius 1 is 0.975 bits per heavy atom. The Kier molecular flexibility index (Phi) is 9.74. The van der Waals surface area contributed by atoms with Crippen molar-refractivity contribution in [2.75, 3.05) is 5.32 Å². The molecule has 0 fully saturated rings. The van der Waals surface area contributed by atoms with E-state index in [-0.39, 0.29) is 35.1 Å². The highest BCUT2D eigenvalue weighted by Gasteiger charge is 2.26. The van der Waals surface area contributed by atoms with Crippen molar-refractivity contribution >= 4 is 78.4 Å². The minimum atomic E-state index is -4.00. The molecule has 0 bridgehead atoms. The van der Waals surface area contributed by atoms with Crippen LogP contribution in [0.2, 0.25) is 15.1 Å². The Balaban J connectivity index is 1.60. The summed E-state index contributed by atoms with van der Waals surface area (Å²) in [6.07, 6.45) is 1.29. The first kappa shape index (κ1) is 29.9. The topological polar surface area (TPSA) is 103 Å². The Morgan fingerprint density at radius 3 is 2.40 bits per heavy atom. The lowest BCUT2D eigenvalue weighted by atomic mass is 10.2. The Morgan fingerprint density at radius 2 is 1.73 bits per heavy atom. The molecule has 7 nitrogen and oxygen atoms in total. The number of carbonyl (C=O) groups excluding carboxylic acids is 1. The summed E-state index contributed by atoms with van der Waals surface area (Å²) in [5.41, 5.74) is 0.919. The number of nitrogens with one attached hydrogen (secondary N) is 1. The van der Waals surface area contributed by atoms with E-state index in [1.807, 2.05) is 6.07 Å². The van der Waals surface area contributed by atoms with Gasteiger partial charge >= 0.3 is 0 Å². The van der Waals surface area contributed by atoms with Gasteiger partial charge in [0.05, 0.1) is 21.5 Å². The SMILES string of the molecule is N#C/C(=C/c1ccc(CN(Cc2ccc(Cl)c(Cl)c2)S(=O)(=O)c2ccc(Cl)cc2)o1)C(=O)Nc1cccc(Br)c1. The van der Waals surface area contributed by atoms with Gasteiger partial charge < -0.3 is 9.73 Å². The van der Waals surface area contributed by atoms with E-state index in [1.54, 1.807) is 54.6 Å². The fourth-order valence-electron chi connectivity index (χ4n) is 3.61. The maximum absolute atomic E-state index is 13.6. The zero-order valence-corrected chi connectivity index (χ0v) is 25.1. The van der Waals surface area contributed by atoms with Crippen molar-refractivity contribution < 1.29 is 17.6 Å². The number of hydrogen-bond donors (Lipinski definition) is 1. The summed E-state index contributed by atoms with van der Waals surface area (Å²) >= 11 is 21.5. The van der Waals surface area contributed by atoms with Crippen LogP contribution in [0.5, 0.6) is 0 Å². The van der Waals surface area contributed by atoms with Crippen LogP contribution in [0.25, 0.3) is 6.08 Å². The molecule has 4 rings (SSSR count). The van der Waals surface area contributed by atoms with Crippen LogP contribution in [0, 0.1) is 11.3 Å². The summed E-state index contributed by atoms with van der Waals surface area (Å²) in [5.74, 6) is -0.132. The van der Waals surface area contributed by atoms with E-state index in [0.29, 0.717) is 26.3 Å². The number of nitriles is 1. The second-order valence-electron chi connectivity index (χ2n) is 8.41. The molecule has 0 spiro atoms. The summed E-state index contributed by atoms with van der Waals surface area (Å²) < 4.78 is 35.0. The standard InChI is InChI=1S/C28H19BrCl3N3O4S/c29-20-2-1-3-22(14-20)34-28(36)19(15-33)13-23-7-8-24(39-23)17-35(16-18-4-11-26(31)27(32)12-18)40(37,38)25-9-5-21(30)6-10-25/h1-14H,16-17H2,(H,34,36)/b19-13-. The number of anilines is 1. The van der Waals surface area contributed by atoms with Crippen molar-refractivity contribution in [1.29, 1.82) is 5.26 Å². The van der Waals surface area contributed by atoms with Gasteiger partial charge in [-0.15, -0.1) is 0 Å². The Labute approximate surface area is 254 Å². The highest BCUT2D eigenvalue weighted by atomic mass is 79.9. The highest BCUT2D eigenvalue weighted by molar-refractivity contribution is 9.10. The molecule has 204 valence electrons. The third-order valence-electron chi connectivity index (χ3n) is 5.54. The predicted octanol–water partition coefficient (Wildman–Crippen LogP) is 7.94. The maximum Gasteiger partial charge on any atom is 0.266 e. The molecule has 0 saturated carbocycles. The molecule has 0 atom stereocenters. The monoisotopic (exact) mass is 677 g/mol. The second-order valence-corrected chi connectivity index (χ2v) is 12.5. The molecule has 4 aromatic rings. The van der Waals surface area contributed by atoms with Crippen molar-refractivity contribution in [2.45, 2.75) is 18.0 Å². The van der Waals surface area contributed by atoms with Gasteiger partial charge in [-0.3, -0.25) is 4.79 Å². The fraction of sp³-hybridized carbons (Fsp3) is 0.0714. The highest BCUT2D eigenvalue weighted by Crippen LogP contribution is 2.27. The van der Waals surface area contributed by atoms with E-state index < -0.39 is 15.9 Å². The van der Waals surface area contributed by atoms with Crippen molar-refractivity contribution in [3.63, 3.8) is 0 Å². The zero-order valence-electron chi connectivity index (χ0n) is 20.4. The van der Waals surface area contributed by atoms with Crippen molar-refractivity contribution in [2.24, 2.45) is 0 Å². The number of halogens is 4. The van der Waals surface area contributed by atoms with E-state index in [4.69, 9.17) is 39.2 Å². The van der Waals surface area contributed by atoms with Crippen molar-refractivity contribution in [3.05, 3.63) is 121 Å². The quantitative estimate of drug-likeness (QED) is 0.143. The van der Waals surface area contributed by atoms with E-state index in [2.05, 4.69) is 21.2 Å². The lowest BCUT2D eigenvalue weighted by Crippen LogP contribution is -2.30. The fourth-order valence-corrected chi connectivity index (χ4v) is 5.85. The number of rotatable bonds is 9. The largest absolute Gasteiger partial charge is 0.460 e. The summed E-state index contributed by atoms with van der Waals surface area (Å²) in [7, 11) is -4.00. The number of hydrogen-bond acceptors (Lipinski definition) is 5. The van der Waals surface area contributed by atoms with Crippen LogP contribution >= 0.6 is 50.7 Å². The molecule has 3 aromatic carbocycles. The van der Waals surface area contributed by atoms with Gasteiger partial charge in [-0.05, 0) is 72.3 Å². The molecule has 0 aliphatic heterocycles. The number of furan rings is 1. The summed E-state index contributed by atoms with van der Waals surface area (Å²) in [6, 6.07) is 22.6. The van der Waals surface area contributed by atoms with Crippen LogP contribution in [0.15, 0.2) is 98.2 Å². The van der Waals surface area contributed by atoms with Crippen LogP contribution in [0.3, 0.4) is 0 Å². The van der Waals surface area contributed by atoms with Crippen molar-refractivity contribution in [1.82, 2.24) is 4.31 Å². The molecule has 1 heterocycles. The van der Waals surface area contributed by atoms with Gasteiger partial charge in [0, 0.05) is 27.8 Å². The molecular formula is C28H19BrCl3N3O4S. The maximum atomic E-state index is 13.6. The van der Waals surface area contributed by atoms with E-state index in [0.717, 1.165) is 4.47 Å².